The Kier molecular flexibility index (Phi) is 5.49. The van der Waals surface area contributed by atoms with Crippen LogP contribution in [0.3, 0.4) is 0 Å². The monoisotopic (exact) mass is 198 g/mol. The summed E-state index contributed by atoms with van der Waals surface area (Å²) in [6.45, 7) is 10.6. The summed E-state index contributed by atoms with van der Waals surface area (Å²) < 4.78 is 0. The third kappa shape index (κ3) is 3.58. The lowest BCUT2D eigenvalue weighted by atomic mass is 10.1. The minimum Gasteiger partial charge on any atom is -0.313 e. The molecule has 0 aromatic rings. The molecule has 1 aliphatic rings. The number of nitrogens with one attached hydrogen (secondary N) is 1. The van der Waals surface area contributed by atoms with E-state index >= 15 is 0 Å². The highest BCUT2D eigenvalue weighted by atomic mass is 15.2. The second kappa shape index (κ2) is 6.41. The molecule has 1 aliphatic heterocycles. The molecule has 1 heterocycles. The van der Waals surface area contributed by atoms with E-state index in [2.05, 4.69) is 31.0 Å². The quantitative estimate of drug-likeness (QED) is 0.745. The van der Waals surface area contributed by atoms with Gasteiger partial charge in [-0.25, -0.2) is 0 Å². The Labute approximate surface area is 89.1 Å². The largest absolute Gasteiger partial charge is 0.313 e. The third-order valence-corrected chi connectivity index (χ3v) is 3.35. The molecule has 0 bridgehead atoms. The molecule has 2 atom stereocenters. The smallest absolute Gasteiger partial charge is 0.0110 e. The van der Waals surface area contributed by atoms with E-state index in [1.165, 1.54) is 45.3 Å². The van der Waals surface area contributed by atoms with E-state index in [9.17, 15) is 0 Å². The van der Waals surface area contributed by atoms with Crippen molar-refractivity contribution < 1.29 is 0 Å². The topological polar surface area (TPSA) is 15.3 Å². The summed E-state index contributed by atoms with van der Waals surface area (Å²) in [5, 5.41) is 3.55. The van der Waals surface area contributed by atoms with E-state index in [4.69, 9.17) is 0 Å². The summed E-state index contributed by atoms with van der Waals surface area (Å²) >= 11 is 0. The fourth-order valence-corrected chi connectivity index (χ4v) is 2.37. The van der Waals surface area contributed by atoms with Gasteiger partial charge in [-0.05, 0) is 32.7 Å². The molecule has 0 saturated carbocycles. The van der Waals surface area contributed by atoms with Gasteiger partial charge in [-0.2, -0.15) is 0 Å². The molecular formula is C12H26N2. The zero-order valence-electron chi connectivity index (χ0n) is 10.1. The molecule has 1 rings (SSSR count). The summed E-state index contributed by atoms with van der Waals surface area (Å²) in [6, 6.07) is 1.53. The third-order valence-electron chi connectivity index (χ3n) is 3.35. The molecule has 1 N–H and O–H groups in total. The maximum absolute atomic E-state index is 3.55. The summed E-state index contributed by atoms with van der Waals surface area (Å²) in [7, 11) is 0. The lowest BCUT2D eigenvalue weighted by molar-refractivity contribution is 0.191. The van der Waals surface area contributed by atoms with Gasteiger partial charge >= 0.3 is 0 Å². The van der Waals surface area contributed by atoms with Crippen LogP contribution in [0.25, 0.3) is 0 Å². The van der Waals surface area contributed by atoms with Crippen LogP contribution in [-0.4, -0.2) is 36.6 Å². The van der Waals surface area contributed by atoms with Gasteiger partial charge in [0, 0.05) is 25.2 Å². The molecule has 14 heavy (non-hydrogen) atoms. The van der Waals surface area contributed by atoms with E-state index in [-0.39, 0.29) is 0 Å². The highest BCUT2D eigenvalue weighted by molar-refractivity contribution is 4.77. The van der Waals surface area contributed by atoms with E-state index in [1.807, 2.05) is 0 Å². The predicted octanol–water partition coefficient (Wildman–Crippen LogP) is 2.25. The van der Waals surface area contributed by atoms with Gasteiger partial charge in [-0.15, -0.1) is 0 Å². The number of nitrogens with zero attached hydrogens (tertiary/aromatic N) is 1. The van der Waals surface area contributed by atoms with Crippen molar-refractivity contribution in [3.63, 3.8) is 0 Å². The van der Waals surface area contributed by atoms with E-state index in [0.29, 0.717) is 6.04 Å². The average Bonchev–Trinajstić information content (AvgIpc) is 2.40. The average molecular weight is 198 g/mol. The lowest BCUT2D eigenvalue weighted by Crippen LogP contribution is -2.37. The normalized spacial score (nSPS) is 27.2. The van der Waals surface area contributed by atoms with Crippen molar-refractivity contribution >= 4 is 0 Å². The molecule has 0 aromatic carbocycles. The molecule has 2 unspecified atom stereocenters. The summed E-state index contributed by atoms with van der Waals surface area (Å²) in [4.78, 5) is 2.68. The van der Waals surface area contributed by atoms with Crippen LogP contribution in [0, 0.1) is 0 Å². The minimum atomic E-state index is 0.708. The van der Waals surface area contributed by atoms with Gasteiger partial charge < -0.3 is 5.32 Å². The maximum Gasteiger partial charge on any atom is 0.0110 e. The molecule has 0 amide bonds. The van der Waals surface area contributed by atoms with Gasteiger partial charge in [0.1, 0.15) is 0 Å². The van der Waals surface area contributed by atoms with Gasteiger partial charge in [-0.1, -0.05) is 20.3 Å². The van der Waals surface area contributed by atoms with Crippen molar-refractivity contribution in [3.05, 3.63) is 0 Å². The molecule has 0 aromatic heterocycles. The van der Waals surface area contributed by atoms with E-state index in [0.717, 1.165) is 6.04 Å². The molecule has 2 heteroatoms. The van der Waals surface area contributed by atoms with Crippen LogP contribution in [0.15, 0.2) is 0 Å². The van der Waals surface area contributed by atoms with Crippen molar-refractivity contribution in [1.82, 2.24) is 10.2 Å². The van der Waals surface area contributed by atoms with Crippen molar-refractivity contribution in [2.45, 2.75) is 58.5 Å². The van der Waals surface area contributed by atoms with Crippen LogP contribution in [0.5, 0.6) is 0 Å². The Morgan fingerprint density at radius 3 is 2.79 bits per heavy atom. The molecule has 0 radical (unpaired) electrons. The fourth-order valence-electron chi connectivity index (χ4n) is 2.37. The maximum atomic E-state index is 3.55. The van der Waals surface area contributed by atoms with Crippen LogP contribution in [-0.2, 0) is 0 Å². The molecule has 2 nitrogen and oxygen atoms in total. The first-order valence-corrected chi connectivity index (χ1v) is 6.25. The Morgan fingerprint density at radius 1 is 1.36 bits per heavy atom. The summed E-state index contributed by atoms with van der Waals surface area (Å²) in [5.41, 5.74) is 0. The standard InChI is InChI=1S/C12H26N2/c1-4-6-12(5-2)14-9-7-11(3)13-8-10-14/h11-13H,4-10H2,1-3H3. The van der Waals surface area contributed by atoms with Gasteiger partial charge in [0.15, 0.2) is 0 Å². The van der Waals surface area contributed by atoms with Crippen molar-refractivity contribution in [2.24, 2.45) is 0 Å². The highest BCUT2D eigenvalue weighted by Gasteiger charge is 2.18. The van der Waals surface area contributed by atoms with Crippen LogP contribution < -0.4 is 5.32 Å². The van der Waals surface area contributed by atoms with E-state index < -0.39 is 0 Å². The van der Waals surface area contributed by atoms with Crippen molar-refractivity contribution in [3.8, 4) is 0 Å². The number of rotatable bonds is 4. The van der Waals surface area contributed by atoms with Crippen molar-refractivity contribution in [1.29, 1.82) is 0 Å². The minimum absolute atomic E-state index is 0.708. The van der Waals surface area contributed by atoms with Gasteiger partial charge in [0.05, 0.1) is 0 Å². The Hall–Kier alpha value is -0.0800. The molecule has 0 aliphatic carbocycles. The highest BCUT2D eigenvalue weighted by Crippen LogP contribution is 2.13. The van der Waals surface area contributed by atoms with E-state index in [1.54, 1.807) is 0 Å². The first-order chi connectivity index (χ1) is 6.77. The summed E-state index contributed by atoms with van der Waals surface area (Å²) in [6.07, 6.45) is 5.30. The Bertz CT molecular complexity index is 147. The Balaban J connectivity index is 2.40. The molecule has 0 spiro atoms. The van der Waals surface area contributed by atoms with Gasteiger partial charge in [0.2, 0.25) is 0 Å². The number of hydrogen-bond donors (Lipinski definition) is 1. The van der Waals surface area contributed by atoms with Gasteiger partial charge in [-0.3, -0.25) is 4.90 Å². The zero-order chi connectivity index (χ0) is 10.4. The first-order valence-electron chi connectivity index (χ1n) is 6.25. The second-order valence-electron chi connectivity index (χ2n) is 4.53. The first kappa shape index (κ1) is 12.0. The SMILES string of the molecule is CCCC(CC)N1CCNC(C)CC1. The lowest BCUT2D eigenvalue weighted by Gasteiger charge is -2.29. The predicted molar refractivity (Wildman–Crippen MR) is 62.6 cm³/mol. The zero-order valence-corrected chi connectivity index (χ0v) is 10.1. The Morgan fingerprint density at radius 2 is 2.14 bits per heavy atom. The molecule has 84 valence electrons. The van der Waals surface area contributed by atoms with Crippen LogP contribution in [0.2, 0.25) is 0 Å². The molecule has 1 fully saturated rings. The number of hydrogen-bond acceptors (Lipinski definition) is 2. The second-order valence-corrected chi connectivity index (χ2v) is 4.53. The van der Waals surface area contributed by atoms with Crippen LogP contribution >= 0.6 is 0 Å². The van der Waals surface area contributed by atoms with Crippen LogP contribution in [0.4, 0.5) is 0 Å². The van der Waals surface area contributed by atoms with Crippen LogP contribution in [0.1, 0.15) is 46.5 Å². The fraction of sp³-hybridized carbons (Fsp3) is 1.00. The summed E-state index contributed by atoms with van der Waals surface area (Å²) in [5.74, 6) is 0. The molecular weight excluding hydrogens is 172 g/mol. The van der Waals surface area contributed by atoms with Gasteiger partial charge in [0.25, 0.3) is 0 Å². The van der Waals surface area contributed by atoms with Crippen molar-refractivity contribution in [2.75, 3.05) is 19.6 Å². The molecule has 1 saturated heterocycles.